The van der Waals surface area contributed by atoms with Crippen molar-refractivity contribution >= 4 is 11.6 Å². The number of aryl methyl sites for hydroxylation is 2. The van der Waals surface area contributed by atoms with Gasteiger partial charge in [-0.3, -0.25) is 9.48 Å². The number of rotatable bonds is 4. The molecule has 0 radical (unpaired) electrons. The second kappa shape index (κ2) is 4.95. The van der Waals surface area contributed by atoms with Crippen LogP contribution in [0.3, 0.4) is 0 Å². The molecule has 4 nitrogen and oxygen atoms in total. The van der Waals surface area contributed by atoms with Crippen LogP contribution in [0, 0.1) is 18.3 Å². The molecule has 0 unspecified atom stereocenters. The zero-order valence-corrected chi connectivity index (χ0v) is 14.0. The molecular weight excluding hydrogens is 286 g/mol. The van der Waals surface area contributed by atoms with E-state index in [4.69, 9.17) is 0 Å². The van der Waals surface area contributed by atoms with E-state index in [1.54, 1.807) is 10.9 Å². The molecule has 2 aliphatic carbocycles. The molecule has 1 aromatic heterocycles. The van der Waals surface area contributed by atoms with Crippen molar-refractivity contribution in [3.8, 4) is 0 Å². The maximum atomic E-state index is 12.6. The van der Waals surface area contributed by atoms with Crippen molar-refractivity contribution in [3.05, 3.63) is 47.3 Å². The molecule has 1 heterocycles. The van der Waals surface area contributed by atoms with Gasteiger partial charge in [0.15, 0.2) is 0 Å². The van der Waals surface area contributed by atoms with Crippen LogP contribution in [0.15, 0.2) is 30.5 Å². The minimum atomic E-state index is -0.0714. The lowest BCUT2D eigenvalue weighted by Gasteiger charge is -2.12. The number of anilines is 1. The van der Waals surface area contributed by atoms with Crippen molar-refractivity contribution in [2.24, 2.45) is 18.4 Å². The molecular formula is C19H23N3O. The Morgan fingerprint density at radius 3 is 2.74 bits per heavy atom. The van der Waals surface area contributed by atoms with E-state index in [1.165, 1.54) is 24.8 Å². The summed E-state index contributed by atoms with van der Waals surface area (Å²) in [5.41, 5.74) is 4.21. The largest absolute Gasteiger partial charge is 0.322 e. The van der Waals surface area contributed by atoms with E-state index >= 15 is 0 Å². The van der Waals surface area contributed by atoms with E-state index in [1.807, 2.05) is 26.1 Å². The van der Waals surface area contributed by atoms with Gasteiger partial charge < -0.3 is 5.32 Å². The predicted octanol–water partition coefficient (Wildman–Crippen LogP) is 3.88. The maximum Gasteiger partial charge on any atom is 0.259 e. The molecule has 2 aliphatic rings. The van der Waals surface area contributed by atoms with E-state index in [9.17, 15) is 4.79 Å². The number of para-hydroxylation sites is 1. The molecule has 0 saturated heterocycles. The van der Waals surface area contributed by atoms with Crippen molar-refractivity contribution < 1.29 is 4.79 Å². The van der Waals surface area contributed by atoms with Crippen LogP contribution in [0.5, 0.6) is 0 Å². The summed E-state index contributed by atoms with van der Waals surface area (Å²) in [6, 6.07) is 8.25. The number of hydrogen-bond acceptors (Lipinski definition) is 2. The van der Waals surface area contributed by atoms with Gasteiger partial charge in [0.1, 0.15) is 0 Å². The van der Waals surface area contributed by atoms with Crippen molar-refractivity contribution in [3.63, 3.8) is 0 Å². The van der Waals surface area contributed by atoms with Crippen molar-refractivity contribution in [1.82, 2.24) is 9.78 Å². The Labute approximate surface area is 136 Å². The zero-order chi connectivity index (χ0) is 16.2. The minimum absolute atomic E-state index is 0.0714. The van der Waals surface area contributed by atoms with Crippen LogP contribution in [0.25, 0.3) is 0 Å². The zero-order valence-electron chi connectivity index (χ0n) is 14.0. The van der Waals surface area contributed by atoms with E-state index in [-0.39, 0.29) is 5.91 Å². The van der Waals surface area contributed by atoms with Crippen LogP contribution in [-0.4, -0.2) is 15.7 Å². The molecule has 4 rings (SSSR count). The lowest BCUT2D eigenvalue weighted by Crippen LogP contribution is -2.14. The molecule has 0 aliphatic heterocycles. The molecule has 1 amide bonds. The fourth-order valence-corrected chi connectivity index (χ4v) is 3.82. The van der Waals surface area contributed by atoms with Crippen LogP contribution in [-0.2, 0) is 7.05 Å². The molecule has 2 fully saturated rings. The highest BCUT2D eigenvalue weighted by Crippen LogP contribution is 2.67. The van der Waals surface area contributed by atoms with Crippen LogP contribution >= 0.6 is 0 Å². The highest BCUT2D eigenvalue weighted by Gasteiger charge is 2.56. The van der Waals surface area contributed by atoms with Gasteiger partial charge >= 0.3 is 0 Å². The summed E-state index contributed by atoms with van der Waals surface area (Å²) < 4.78 is 1.68. The number of amides is 1. The number of aromatic nitrogens is 2. The standard InChI is InChI=1S/C19H23N3O/c1-12-15(11-22(3)21-12)18(23)20-17-7-5-4-6-13(17)14-10-16(14)19(2)8-9-19/h4-7,11,14,16H,8-10H2,1-3H3,(H,20,23)/t14-,16-/m0/s1. The topological polar surface area (TPSA) is 46.9 Å². The average molecular weight is 309 g/mol. The van der Waals surface area contributed by atoms with Gasteiger partial charge in [-0.15, -0.1) is 0 Å². The van der Waals surface area contributed by atoms with Gasteiger partial charge in [-0.2, -0.15) is 5.10 Å². The first-order valence-electron chi connectivity index (χ1n) is 8.38. The predicted molar refractivity (Wildman–Crippen MR) is 90.5 cm³/mol. The quantitative estimate of drug-likeness (QED) is 0.931. The van der Waals surface area contributed by atoms with Crippen molar-refractivity contribution in [2.45, 2.75) is 39.0 Å². The summed E-state index contributed by atoms with van der Waals surface area (Å²) in [7, 11) is 1.84. The SMILES string of the molecule is Cc1nn(C)cc1C(=O)Nc1ccccc1[C@@H]1C[C@@H]1C1(C)CC1. The lowest BCUT2D eigenvalue weighted by molar-refractivity contribution is 0.102. The van der Waals surface area contributed by atoms with Gasteiger partial charge in [0, 0.05) is 18.9 Å². The van der Waals surface area contributed by atoms with Gasteiger partial charge in [-0.1, -0.05) is 25.1 Å². The molecule has 2 saturated carbocycles. The summed E-state index contributed by atoms with van der Waals surface area (Å²) in [5, 5.41) is 7.35. The number of benzene rings is 1. The second-order valence-corrected chi connectivity index (χ2v) is 7.45. The summed E-state index contributed by atoms with van der Waals surface area (Å²) in [5.74, 6) is 1.33. The molecule has 0 spiro atoms. The molecule has 4 heteroatoms. The molecule has 2 atom stereocenters. The number of nitrogens with one attached hydrogen (secondary N) is 1. The van der Waals surface area contributed by atoms with Crippen LogP contribution in [0.2, 0.25) is 0 Å². The molecule has 0 bridgehead atoms. The highest BCUT2D eigenvalue weighted by molar-refractivity contribution is 6.05. The van der Waals surface area contributed by atoms with Crippen LogP contribution in [0.1, 0.15) is 53.7 Å². The Kier molecular flexibility index (Phi) is 3.12. The van der Waals surface area contributed by atoms with Crippen molar-refractivity contribution in [1.29, 1.82) is 0 Å². The van der Waals surface area contributed by atoms with Gasteiger partial charge in [0.05, 0.1) is 11.3 Å². The van der Waals surface area contributed by atoms with Crippen molar-refractivity contribution in [2.75, 3.05) is 5.32 Å². The second-order valence-electron chi connectivity index (χ2n) is 7.45. The first-order chi connectivity index (χ1) is 11.0. The fourth-order valence-electron chi connectivity index (χ4n) is 3.82. The lowest BCUT2D eigenvalue weighted by atomic mass is 9.97. The van der Waals surface area contributed by atoms with E-state index < -0.39 is 0 Å². The van der Waals surface area contributed by atoms with Gasteiger partial charge in [-0.25, -0.2) is 0 Å². The van der Waals surface area contributed by atoms with E-state index in [0.717, 1.165) is 17.3 Å². The first kappa shape index (κ1) is 14.5. The number of carbonyl (C=O) groups is 1. The van der Waals surface area contributed by atoms with Gasteiger partial charge in [0.25, 0.3) is 5.91 Å². The number of carbonyl (C=O) groups excluding carboxylic acids is 1. The fraction of sp³-hybridized carbons (Fsp3) is 0.474. The van der Waals surface area contributed by atoms with Crippen LogP contribution < -0.4 is 5.32 Å². The Morgan fingerprint density at radius 1 is 1.35 bits per heavy atom. The number of hydrogen-bond donors (Lipinski definition) is 1. The molecule has 23 heavy (non-hydrogen) atoms. The summed E-state index contributed by atoms with van der Waals surface area (Å²) in [6.45, 7) is 4.27. The van der Waals surface area contributed by atoms with Gasteiger partial charge in [0.2, 0.25) is 0 Å². The van der Waals surface area contributed by atoms with E-state index in [0.29, 0.717) is 16.9 Å². The Morgan fingerprint density at radius 2 is 2.09 bits per heavy atom. The molecule has 2 aromatic rings. The number of nitrogens with zero attached hydrogens (tertiary/aromatic N) is 2. The summed E-state index contributed by atoms with van der Waals surface area (Å²) in [6.07, 6.45) is 5.75. The Balaban J connectivity index is 1.56. The summed E-state index contributed by atoms with van der Waals surface area (Å²) in [4.78, 5) is 12.6. The third kappa shape index (κ3) is 2.56. The molecule has 120 valence electrons. The van der Waals surface area contributed by atoms with Crippen LogP contribution in [0.4, 0.5) is 5.69 Å². The molecule has 1 N–H and O–H groups in total. The monoisotopic (exact) mass is 309 g/mol. The normalized spacial score (nSPS) is 24.3. The first-order valence-corrected chi connectivity index (χ1v) is 8.38. The van der Waals surface area contributed by atoms with Gasteiger partial charge in [-0.05, 0) is 55.1 Å². The minimum Gasteiger partial charge on any atom is -0.322 e. The summed E-state index contributed by atoms with van der Waals surface area (Å²) >= 11 is 0. The highest BCUT2D eigenvalue weighted by atomic mass is 16.1. The van der Waals surface area contributed by atoms with E-state index in [2.05, 4.69) is 29.5 Å². The maximum absolute atomic E-state index is 12.6. The Bertz CT molecular complexity index is 773. The Hall–Kier alpha value is -2.10. The third-order valence-corrected chi connectivity index (χ3v) is 5.59. The smallest absolute Gasteiger partial charge is 0.259 e. The average Bonchev–Trinajstić information content (AvgIpc) is 3.41. The molecule has 1 aromatic carbocycles. The third-order valence-electron chi connectivity index (χ3n) is 5.59.